The Hall–Kier alpha value is -4.32. The topological polar surface area (TPSA) is 177 Å². The quantitative estimate of drug-likeness (QED) is 0.127. The third-order valence-corrected chi connectivity index (χ3v) is 5.27. The summed E-state index contributed by atoms with van der Waals surface area (Å²) in [6, 6.07) is 12.5. The van der Waals surface area contributed by atoms with Crippen LogP contribution in [0.4, 0.5) is 15.8 Å². The van der Waals surface area contributed by atoms with Crippen LogP contribution in [0, 0.1) is 15.9 Å². The third kappa shape index (κ3) is 5.27. The molecule has 35 heavy (non-hydrogen) atoms. The van der Waals surface area contributed by atoms with Crippen LogP contribution in [0.5, 0.6) is 5.75 Å². The lowest BCUT2D eigenvalue weighted by molar-refractivity contribution is -0.384. The number of imidazole rings is 1. The fraction of sp³-hybridized carbons (Fsp3) is 0.0476. The summed E-state index contributed by atoms with van der Waals surface area (Å²) in [7, 11) is -4.61. The monoisotopic (exact) mass is 502 g/mol. The number of carbonyl (C=O) groups excluding carboxylic acids is 1. The van der Waals surface area contributed by atoms with Crippen molar-refractivity contribution in [1.29, 1.82) is 0 Å². The van der Waals surface area contributed by atoms with Crippen LogP contribution in [0.15, 0.2) is 60.7 Å². The van der Waals surface area contributed by atoms with E-state index < -0.39 is 30.6 Å². The number of hydrogen-bond acceptors (Lipinski definition) is 7. The number of nitrogens with one attached hydrogen (secondary N) is 1. The molecule has 180 valence electrons. The highest BCUT2D eigenvalue weighted by atomic mass is 31.2. The van der Waals surface area contributed by atoms with Gasteiger partial charge in [-0.2, -0.15) is 4.73 Å². The summed E-state index contributed by atoms with van der Waals surface area (Å²) in [4.78, 5) is 45.6. The SMILES string of the molecule is O=C(Nc1ccc(-c2nc3ccc([N+](=O)[O-])cc3n2O)c(OCP(=O)(O)O)c1)c1ccc(F)cc1. The minimum Gasteiger partial charge on any atom is -0.480 e. The maximum Gasteiger partial charge on any atom is 0.362 e. The molecule has 0 saturated heterocycles. The summed E-state index contributed by atoms with van der Waals surface area (Å²) in [6.45, 7) is 0. The second-order valence-corrected chi connectivity index (χ2v) is 8.87. The van der Waals surface area contributed by atoms with E-state index in [-0.39, 0.29) is 45.1 Å². The summed E-state index contributed by atoms with van der Waals surface area (Å²) in [5.74, 6) is -1.38. The molecule has 0 saturated carbocycles. The maximum atomic E-state index is 13.1. The number of benzene rings is 3. The van der Waals surface area contributed by atoms with E-state index in [1.165, 1.54) is 42.5 Å². The third-order valence-electron chi connectivity index (χ3n) is 4.80. The molecule has 4 rings (SSSR count). The van der Waals surface area contributed by atoms with E-state index in [4.69, 9.17) is 4.74 Å². The lowest BCUT2D eigenvalue weighted by Gasteiger charge is -2.14. The second kappa shape index (κ2) is 9.14. The lowest BCUT2D eigenvalue weighted by atomic mass is 10.1. The molecule has 0 aliphatic heterocycles. The number of hydrogen-bond donors (Lipinski definition) is 4. The van der Waals surface area contributed by atoms with Crippen LogP contribution in [0.1, 0.15) is 10.4 Å². The number of nitrogens with zero attached hydrogens (tertiary/aromatic N) is 3. The Morgan fingerprint density at radius 2 is 1.86 bits per heavy atom. The average Bonchev–Trinajstić information content (AvgIpc) is 3.13. The predicted octanol–water partition coefficient (Wildman–Crippen LogP) is 3.75. The number of fused-ring (bicyclic) bond motifs is 1. The van der Waals surface area contributed by atoms with Crippen molar-refractivity contribution in [2.24, 2.45) is 0 Å². The van der Waals surface area contributed by atoms with E-state index >= 15 is 0 Å². The summed E-state index contributed by atoms with van der Waals surface area (Å²) in [5, 5.41) is 24.2. The van der Waals surface area contributed by atoms with Crippen molar-refractivity contribution in [3.63, 3.8) is 0 Å². The Labute approximate surface area is 195 Å². The molecule has 4 N–H and O–H groups in total. The zero-order valence-corrected chi connectivity index (χ0v) is 18.4. The first-order valence-corrected chi connectivity index (χ1v) is 11.6. The van der Waals surface area contributed by atoms with Crippen molar-refractivity contribution >= 4 is 35.9 Å². The molecular weight excluding hydrogens is 486 g/mol. The van der Waals surface area contributed by atoms with Crippen molar-refractivity contribution in [1.82, 2.24) is 9.71 Å². The van der Waals surface area contributed by atoms with Crippen LogP contribution >= 0.6 is 7.60 Å². The summed E-state index contributed by atoms with van der Waals surface area (Å²) >= 11 is 0. The average molecular weight is 502 g/mol. The number of non-ortho nitro benzene ring substituents is 1. The molecule has 0 atom stereocenters. The Morgan fingerprint density at radius 3 is 2.51 bits per heavy atom. The summed E-state index contributed by atoms with van der Waals surface area (Å²) in [5.41, 5.74) is 0.356. The number of nitro benzene ring substituents is 1. The highest BCUT2D eigenvalue weighted by molar-refractivity contribution is 7.51. The molecule has 0 bridgehead atoms. The van der Waals surface area contributed by atoms with Crippen molar-refractivity contribution in [3.8, 4) is 17.1 Å². The summed E-state index contributed by atoms with van der Waals surface area (Å²) in [6.07, 6.45) is -1.01. The number of amides is 1. The molecule has 1 amide bonds. The Balaban J connectivity index is 1.74. The molecule has 0 radical (unpaired) electrons. The van der Waals surface area contributed by atoms with Gasteiger partial charge in [0.15, 0.2) is 12.2 Å². The van der Waals surface area contributed by atoms with Crippen LogP contribution in [-0.2, 0) is 4.57 Å². The van der Waals surface area contributed by atoms with Crippen LogP contribution in [-0.4, -0.2) is 41.9 Å². The standard InChI is InChI=1S/C21H16FN4O8P/c22-13-3-1-12(2-4-13)21(27)23-14-5-7-16(19(9-14)34-11-35(31,32)33)20-24-17-8-6-15(26(29)30)10-18(17)25(20)28/h1-10,28H,11H2,(H,23,27)(H2,31,32,33). The van der Waals surface area contributed by atoms with Gasteiger partial charge < -0.3 is 25.0 Å². The van der Waals surface area contributed by atoms with Crippen LogP contribution in [0.2, 0.25) is 0 Å². The molecule has 12 nitrogen and oxygen atoms in total. The van der Waals surface area contributed by atoms with E-state index in [9.17, 15) is 38.9 Å². The van der Waals surface area contributed by atoms with E-state index in [0.717, 1.165) is 18.2 Å². The van der Waals surface area contributed by atoms with E-state index in [1.54, 1.807) is 0 Å². The molecule has 14 heteroatoms. The second-order valence-electron chi connectivity index (χ2n) is 7.29. The van der Waals surface area contributed by atoms with E-state index in [0.29, 0.717) is 4.73 Å². The first kappa shape index (κ1) is 23.8. The molecular formula is C21H16FN4O8P. The molecule has 3 aromatic carbocycles. The lowest BCUT2D eigenvalue weighted by Crippen LogP contribution is -2.12. The first-order valence-electron chi connectivity index (χ1n) is 9.77. The van der Waals surface area contributed by atoms with Gasteiger partial charge in [-0.3, -0.25) is 19.5 Å². The number of aromatic nitrogens is 2. The number of halogens is 1. The Morgan fingerprint density at radius 1 is 1.14 bits per heavy atom. The summed E-state index contributed by atoms with van der Waals surface area (Å²) < 4.78 is 30.3. The van der Waals surface area contributed by atoms with Gasteiger partial charge >= 0.3 is 7.60 Å². The van der Waals surface area contributed by atoms with Gasteiger partial charge in [-0.15, -0.1) is 0 Å². The minimum atomic E-state index is -4.61. The highest BCUT2D eigenvalue weighted by Crippen LogP contribution is 2.39. The molecule has 0 fully saturated rings. The van der Waals surface area contributed by atoms with Crippen molar-refractivity contribution < 1.29 is 38.4 Å². The predicted molar refractivity (Wildman–Crippen MR) is 121 cm³/mol. The molecule has 0 aliphatic carbocycles. The number of rotatable bonds is 7. The van der Waals surface area contributed by atoms with Gasteiger partial charge in [0.1, 0.15) is 17.1 Å². The molecule has 0 spiro atoms. The molecule has 0 unspecified atom stereocenters. The Bertz CT molecular complexity index is 1500. The Kier molecular flexibility index (Phi) is 6.22. The number of carbonyl (C=O) groups is 1. The van der Waals surface area contributed by atoms with Gasteiger partial charge in [-0.25, -0.2) is 9.37 Å². The molecule has 1 heterocycles. The van der Waals surface area contributed by atoms with Crippen LogP contribution in [0.25, 0.3) is 22.4 Å². The fourth-order valence-corrected chi connectivity index (χ4v) is 3.51. The number of anilines is 1. The van der Waals surface area contributed by atoms with Crippen LogP contribution < -0.4 is 10.1 Å². The van der Waals surface area contributed by atoms with Gasteiger partial charge in [-0.1, -0.05) is 0 Å². The molecule has 1 aromatic heterocycles. The number of nitro groups is 1. The van der Waals surface area contributed by atoms with Gasteiger partial charge in [0, 0.05) is 29.4 Å². The van der Waals surface area contributed by atoms with Crippen LogP contribution in [0.3, 0.4) is 0 Å². The van der Waals surface area contributed by atoms with Gasteiger partial charge in [0.2, 0.25) is 0 Å². The zero-order chi connectivity index (χ0) is 25.3. The van der Waals surface area contributed by atoms with Gasteiger partial charge in [-0.05, 0) is 42.5 Å². The minimum absolute atomic E-state index is 0.0174. The van der Waals surface area contributed by atoms with E-state index in [1.807, 2.05) is 0 Å². The van der Waals surface area contributed by atoms with Gasteiger partial charge in [0.25, 0.3) is 11.6 Å². The van der Waals surface area contributed by atoms with Gasteiger partial charge in [0.05, 0.1) is 16.0 Å². The number of ether oxygens (including phenoxy) is 1. The zero-order valence-electron chi connectivity index (χ0n) is 17.5. The van der Waals surface area contributed by atoms with Crippen molar-refractivity contribution in [2.45, 2.75) is 0 Å². The van der Waals surface area contributed by atoms with Crippen molar-refractivity contribution in [3.05, 3.63) is 82.2 Å². The highest BCUT2D eigenvalue weighted by Gasteiger charge is 2.22. The molecule has 4 aromatic rings. The largest absolute Gasteiger partial charge is 0.480 e. The maximum absolute atomic E-state index is 13.1. The fourth-order valence-electron chi connectivity index (χ4n) is 3.20. The van der Waals surface area contributed by atoms with Crippen molar-refractivity contribution in [2.75, 3.05) is 11.7 Å². The van der Waals surface area contributed by atoms with E-state index in [2.05, 4.69) is 10.3 Å². The first-order chi connectivity index (χ1) is 16.5. The molecule has 0 aliphatic rings. The normalized spacial score (nSPS) is 11.4. The smallest absolute Gasteiger partial charge is 0.362 e.